The third kappa shape index (κ3) is 2.62. The van der Waals surface area contributed by atoms with E-state index in [0.29, 0.717) is 23.1 Å². The Balaban J connectivity index is 1.26. The first-order chi connectivity index (χ1) is 16.1. The largest absolute Gasteiger partial charge is 0.491 e. The lowest BCUT2D eigenvalue weighted by atomic mass is 9.77. The summed E-state index contributed by atoms with van der Waals surface area (Å²) in [5.41, 5.74) is 1.59. The van der Waals surface area contributed by atoms with E-state index >= 15 is 0 Å². The molecule has 0 bridgehead atoms. The van der Waals surface area contributed by atoms with Crippen molar-refractivity contribution in [2.24, 2.45) is 0 Å². The molecule has 9 heteroatoms. The van der Waals surface area contributed by atoms with Gasteiger partial charge in [0.05, 0.1) is 0 Å². The molecule has 1 fully saturated rings. The number of nitrogens with zero attached hydrogens (tertiary/aromatic N) is 2. The second kappa shape index (κ2) is 6.50. The first-order valence-corrected chi connectivity index (χ1v) is 10.9. The van der Waals surface area contributed by atoms with Gasteiger partial charge in [0.1, 0.15) is 30.6 Å². The fourth-order valence-corrected chi connectivity index (χ4v) is 4.83. The Bertz CT molecular complexity index is 1330. The van der Waals surface area contributed by atoms with E-state index in [1.54, 1.807) is 11.0 Å². The van der Waals surface area contributed by atoms with Crippen molar-refractivity contribution >= 4 is 17.5 Å². The molecule has 4 aliphatic rings. The van der Waals surface area contributed by atoms with Gasteiger partial charge in [0.15, 0.2) is 17.2 Å². The fraction of sp³-hybridized carbons (Fsp3) is 0.292. The molecule has 0 saturated heterocycles. The maximum absolute atomic E-state index is 14.0. The van der Waals surface area contributed by atoms with Crippen LogP contribution in [-0.2, 0) is 16.8 Å². The van der Waals surface area contributed by atoms with Gasteiger partial charge in [-0.05, 0) is 30.5 Å². The van der Waals surface area contributed by atoms with Crippen molar-refractivity contribution in [3.63, 3.8) is 0 Å². The standard InChI is InChI=1S/C24H19N3O6/c28-22(25-13-5-6-13)16-10-30-21(26-16)9-27-17-4-2-1-3-14(17)24(23(27)29)11-31-18-8-20-19(7-15(18)24)32-12-33-20/h1-4,7-8,10,13H,5-6,9,11-12H2,(H,25,28). The number of oxazole rings is 1. The van der Waals surface area contributed by atoms with Crippen LogP contribution in [0, 0.1) is 0 Å². The van der Waals surface area contributed by atoms with Gasteiger partial charge >= 0.3 is 0 Å². The summed E-state index contributed by atoms with van der Waals surface area (Å²) >= 11 is 0. The van der Waals surface area contributed by atoms with Crippen LogP contribution in [0.2, 0.25) is 0 Å². The van der Waals surface area contributed by atoms with Crippen LogP contribution in [0.4, 0.5) is 5.69 Å². The van der Waals surface area contributed by atoms with Crippen molar-refractivity contribution in [1.82, 2.24) is 10.3 Å². The Morgan fingerprint density at radius 3 is 2.76 bits per heavy atom. The van der Waals surface area contributed by atoms with Crippen LogP contribution in [0.3, 0.4) is 0 Å². The lowest BCUT2D eigenvalue weighted by Crippen LogP contribution is -2.42. The van der Waals surface area contributed by atoms with Gasteiger partial charge in [0.25, 0.3) is 5.91 Å². The smallest absolute Gasteiger partial charge is 0.273 e. The molecule has 4 heterocycles. The van der Waals surface area contributed by atoms with E-state index in [0.717, 1.165) is 29.7 Å². The van der Waals surface area contributed by atoms with Crippen molar-refractivity contribution in [2.75, 3.05) is 18.3 Å². The zero-order valence-corrected chi connectivity index (χ0v) is 17.5. The molecule has 7 rings (SSSR count). The van der Waals surface area contributed by atoms with Crippen LogP contribution >= 0.6 is 0 Å². The molecule has 1 atom stereocenters. The molecule has 2 aromatic carbocycles. The monoisotopic (exact) mass is 445 g/mol. The van der Waals surface area contributed by atoms with E-state index in [2.05, 4.69) is 10.3 Å². The lowest BCUT2D eigenvalue weighted by Gasteiger charge is -2.22. The maximum Gasteiger partial charge on any atom is 0.273 e. The number of amides is 2. The number of anilines is 1. The van der Waals surface area contributed by atoms with Gasteiger partial charge < -0.3 is 28.8 Å². The van der Waals surface area contributed by atoms with Gasteiger partial charge in [-0.3, -0.25) is 9.59 Å². The summed E-state index contributed by atoms with van der Waals surface area (Å²) in [6.45, 7) is 0.426. The minimum Gasteiger partial charge on any atom is -0.491 e. The third-order valence-electron chi connectivity index (χ3n) is 6.63. The summed E-state index contributed by atoms with van der Waals surface area (Å²) in [5, 5.41) is 2.89. The van der Waals surface area contributed by atoms with Crippen molar-refractivity contribution in [1.29, 1.82) is 0 Å². The molecule has 9 nitrogen and oxygen atoms in total. The van der Waals surface area contributed by atoms with Crippen LogP contribution in [-0.4, -0.2) is 36.2 Å². The molecule has 1 aliphatic carbocycles. The van der Waals surface area contributed by atoms with Crippen molar-refractivity contribution in [2.45, 2.75) is 30.8 Å². The number of carbonyl (C=O) groups is 2. The molecule has 166 valence electrons. The Morgan fingerprint density at radius 2 is 1.91 bits per heavy atom. The fourth-order valence-electron chi connectivity index (χ4n) is 4.83. The molecule has 1 aromatic heterocycles. The van der Waals surface area contributed by atoms with Gasteiger partial charge in [0, 0.05) is 23.4 Å². The molecule has 1 N–H and O–H groups in total. The van der Waals surface area contributed by atoms with Crippen molar-refractivity contribution in [3.05, 3.63) is 65.4 Å². The Morgan fingerprint density at radius 1 is 1.09 bits per heavy atom. The quantitative estimate of drug-likeness (QED) is 0.658. The summed E-state index contributed by atoms with van der Waals surface area (Å²) in [6.07, 6.45) is 3.31. The Hall–Kier alpha value is -4.01. The summed E-state index contributed by atoms with van der Waals surface area (Å²) in [6, 6.07) is 11.5. The highest BCUT2D eigenvalue weighted by Crippen LogP contribution is 2.55. The molecule has 1 unspecified atom stereocenters. The summed E-state index contributed by atoms with van der Waals surface area (Å²) in [7, 11) is 0. The number of ether oxygens (including phenoxy) is 3. The maximum atomic E-state index is 14.0. The van der Waals surface area contributed by atoms with Crippen LogP contribution in [0.5, 0.6) is 17.2 Å². The molecule has 1 saturated carbocycles. The molecule has 0 radical (unpaired) electrons. The minimum absolute atomic E-state index is 0.105. The first-order valence-electron chi connectivity index (χ1n) is 10.9. The predicted octanol–water partition coefficient (Wildman–Crippen LogP) is 2.52. The van der Waals surface area contributed by atoms with E-state index < -0.39 is 5.41 Å². The highest BCUT2D eigenvalue weighted by atomic mass is 16.7. The number of carbonyl (C=O) groups excluding carboxylic acids is 2. The number of rotatable bonds is 4. The second-order valence-electron chi connectivity index (χ2n) is 8.68. The number of hydrogen-bond donors (Lipinski definition) is 1. The van der Waals surface area contributed by atoms with E-state index in [9.17, 15) is 9.59 Å². The molecule has 33 heavy (non-hydrogen) atoms. The molecular formula is C24H19N3O6. The number of benzene rings is 2. The molecule has 2 amide bonds. The SMILES string of the molecule is O=C(NC1CC1)c1coc(CN2C(=O)C3(COc4cc5c(cc43)OCO5)c3ccccc32)n1. The van der Waals surface area contributed by atoms with Gasteiger partial charge in [-0.15, -0.1) is 0 Å². The lowest BCUT2D eigenvalue weighted by molar-refractivity contribution is -0.122. The summed E-state index contributed by atoms with van der Waals surface area (Å²) in [5.74, 6) is 1.72. The molecular weight excluding hydrogens is 426 g/mol. The molecule has 3 aliphatic heterocycles. The molecule has 1 spiro atoms. The Kier molecular flexibility index (Phi) is 3.66. The predicted molar refractivity (Wildman–Crippen MR) is 113 cm³/mol. The highest BCUT2D eigenvalue weighted by molar-refractivity contribution is 6.11. The zero-order valence-electron chi connectivity index (χ0n) is 17.5. The number of fused-ring (bicyclic) bond motifs is 5. The van der Waals surface area contributed by atoms with Gasteiger partial charge in [-0.25, -0.2) is 4.98 Å². The van der Waals surface area contributed by atoms with Crippen molar-refractivity contribution in [3.8, 4) is 17.2 Å². The summed E-state index contributed by atoms with van der Waals surface area (Å²) in [4.78, 5) is 32.2. The van der Waals surface area contributed by atoms with Crippen LogP contribution in [0.1, 0.15) is 40.3 Å². The van der Waals surface area contributed by atoms with Gasteiger partial charge in [0.2, 0.25) is 18.6 Å². The number of para-hydroxylation sites is 1. The number of aromatic nitrogens is 1. The van der Waals surface area contributed by atoms with Crippen LogP contribution in [0.25, 0.3) is 0 Å². The first kappa shape index (κ1) is 18.6. The molecule has 3 aromatic rings. The minimum atomic E-state index is -0.994. The van der Waals surface area contributed by atoms with Gasteiger partial charge in [-0.2, -0.15) is 0 Å². The van der Waals surface area contributed by atoms with Crippen molar-refractivity contribution < 1.29 is 28.2 Å². The Labute approximate surface area is 188 Å². The van der Waals surface area contributed by atoms with E-state index in [4.69, 9.17) is 18.6 Å². The second-order valence-corrected chi connectivity index (χ2v) is 8.68. The van der Waals surface area contributed by atoms with E-state index in [-0.39, 0.29) is 43.5 Å². The zero-order chi connectivity index (χ0) is 22.2. The third-order valence-corrected chi connectivity index (χ3v) is 6.63. The topological polar surface area (TPSA) is 103 Å². The van der Waals surface area contributed by atoms with Crippen LogP contribution in [0.15, 0.2) is 47.1 Å². The van der Waals surface area contributed by atoms with Gasteiger partial charge in [-0.1, -0.05) is 18.2 Å². The van der Waals surface area contributed by atoms with E-state index in [1.165, 1.54) is 6.26 Å². The number of hydrogen-bond acceptors (Lipinski definition) is 7. The van der Waals surface area contributed by atoms with Crippen LogP contribution < -0.4 is 24.4 Å². The normalized spacial score (nSPS) is 21.8. The highest BCUT2D eigenvalue weighted by Gasteiger charge is 2.57. The average Bonchev–Trinajstić information content (AvgIpc) is 3.19. The number of nitrogens with one attached hydrogen (secondary N) is 1. The summed E-state index contributed by atoms with van der Waals surface area (Å²) < 4.78 is 22.6. The average molecular weight is 445 g/mol. The van der Waals surface area contributed by atoms with E-state index in [1.807, 2.05) is 30.3 Å².